The number of nitriles is 1. The quantitative estimate of drug-likeness (QED) is 0.666. The molecule has 0 saturated heterocycles. The lowest BCUT2D eigenvalue weighted by Crippen LogP contribution is -2.01. The van der Waals surface area contributed by atoms with Gasteiger partial charge < -0.3 is 4.74 Å². The van der Waals surface area contributed by atoms with Crippen LogP contribution in [0.15, 0.2) is 24.8 Å². The molecule has 0 saturated carbocycles. The molecular formula is C14H17NO. The average molecular weight is 215 g/mol. The fraction of sp³-hybridized carbons (Fsp3) is 0.357. The molecule has 1 aliphatic carbocycles. The number of allylic oxidation sites excluding steroid dienone is 1. The zero-order chi connectivity index (χ0) is 12.0. The predicted molar refractivity (Wildman–Crippen MR) is 66.1 cm³/mol. The van der Waals surface area contributed by atoms with E-state index in [1.807, 2.05) is 18.2 Å². The van der Waals surface area contributed by atoms with Crippen molar-refractivity contribution in [1.82, 2.24) is 0 Å². The van der Waals surface area contributed by atoms with Gasteiger partial charge in [0.25, 0.3) is 0 Å². The van der Waals surface area contributed by atoms with E-state index in [0.29, 0.717) is 0 Å². The van der Waals surface area contributed by atoms with Crippen molar-refractivity contribution in [1.29, 1.82) is 5.26 Å². The number of ether oxygens (including phenoxy) is 1. The Bertz CT molecular complexity index is 415. The van der Waals surface area contributed by atoms with Gasteiger partial charge in [0.2, 0.25) is 0 Å². The zero-order valence-electron chi connectivity index (χ0n) is 9.92. The Morgan fingerprint density at radius 2 is 2.00 bits per heavy atom. The number of aryl methyl sites for hydroxylation is 1. The summed E-state index contributed by atoms with van der Waals surface area (Å²) in [6, 6.07) is 8.04. The summed E-state index contributed by atoms with van der Waals surface area (Å²) in [5.41, 5.74) is 4.51. The molecule has 0 aliphatic heterocycles. The molecule has 0 bridgehead atoms. The van der Waals surface area contributed by atoms with Gasteiger partial charge in [-0.3, -0.25) is 0 Å². The molecule has 0 fully saturated rings. The van der Waals surface area contributed by atoms with E-state index in [9.17, 15) is 0 Å². The molecule has 0 atom stereocenters. The van der Waals surface area contributed by atoms with E-state index in [4.69, 9.17) is 5.26 Å². The Morgan fingerprint density at radius 1 is 1.31 bits per heavy atom. The van der Waals surface area contributed by atoms with Gasteiger partial charge in [-0.05, 0) is 48.1 Å². The van der Waals surface area contributed by atoms with Crippen molar-refractivity contribution in [3.63, 3.8) is 0 Å². The Kier molecular flexibility index (Phi) is 4.75. The van der Waals surface area contributed by atoms with Crippen LogP contribution in [0.5, 0.6) is 0 Å². The highest BCUT2D eigenvalue weighted by molar-refractivity contribution is 5.68. The summed E-state index contributed by atoms with van der Waals surface area (Å²) in [6.45, 7) is 4.03. The first-order valence-corrected chi connectivity index (χ1v) is 5.34. The molecule has 0 heterocycles. The van der Waals surface area contributed by atoms with E-state index >= 15 is 0 Å². The van der Waals surface area contributed by atoms with Gasteiger partial charge >= 0.3 is 0 Å². The summed E-state index contributed by atoms with van der Waals surface area (Å²) in [7, 11) is 3.25. The lowest BCUT2D eigenvalue weighted by molar-refractivity contribution is 0.277. The van der Waals surface area contributed by atoms with Crippen LogP contribution in [-0.4, -0.2) is 14.2 Å². The molecule has 0 aromatic heterocycles. The molecule has 0 radical (unpaired) electrons. The predicted octanol–water partition coefficient (Wildman–Crippen LogP) is 3.17. The normalized spacial score (nSPS) is 13.2. The van der Waals surface area contributed by atoms with Gasteiger partial charge in [0.1, 0.15) is 0 Å². The minimum atomic E-state index is 0.758. The van der Waals surface area contributed by atoms with E-state index < -0.39 is 0 Å². The van der Waals surface area contributed by atoms with E-state index in [1.165, 1.54) is 23.1 Å². The van der Waals surface area contributed by atoms with Crippen molar-refractivity contribution < 1.29 is 4.74 Å². The topological polar surface area (TPSA) is 33.0 Å². The minimum absolute atomic E-state index is 0.758. The van der Waals surface area contributed by atoms with Crippen LogP contribution in [-0.2, 0) is 11.2 Å². The monoisotopic (exact) mass is 215 g/mol. The first kappa shape index (κ1) is 12.5. The van der Waals surface area contributed by atoms with Crippen molar-refractivity contribution in [2.45, 2.75) is 19.3 Å². The van der Waals surface area contributed by atoms with Crippen LogP contribution >= 0.6 is 0 Å². The summed E-state index contributed by atoms with van der Waals surface area (Å²) < 4.78 is 4.25. The Morgan fingerprint density at radius 3 is 2.62 bits per heavy atom. The molecule has 2 nitrogen and oxygen atoms in total. The van der Waals surface area contributed by atoms with E-state index in [2.05, 4.69) is 17.4 Å². The zero-order valence-corrected chi connectivity index (χ0v) is 9.92. The Labute approximate surface area is 97.2 Å². The second-order valence-corrected chi connectivity index (χ2v) is 3.85. The highest BCUT2D eigenvalue weighted by Crippen LogP contribution is 2.29. The molecule has 0 spiro atoms. The third-order valence-corrected chi connectivity index (χ3v) is 2.54. The van der Waals surface area contributed by atoms with Crippen LogP contribution in [0.3, 0.4) is 0 Å². The van der Waals surface area contributed by atoms with E-state index in [-0.39, 0.29) is 0 Å². The van der Waals surface area contributed by atoms with Crippen molar-refractivity contribution in [3.05, 3.63) is 41.5 Å². The lowest BCUT2D eigenvalue weighted by Gasteiger charge is -2.17. The van der Waals surface area contributed by atoms with Crippen molar-refractivity contribution in [2.75, 3.05) is 14.2 Å². The van der Waals surface area contributed by atoms with Gasteiger partial charge in [-0.15, -0.1) is 0 Å². The number of hydrogen-bond donors (Lipinski definition) is 0. The van der Waals surface area contributed by atoms with Gasteiger partial charge in [0, 0.05) is 14.2 Å². The number of rotatable bonds is 0. The molecular weight excluding hydrogens is 198 g/mol. The maximum Gasteiger partial charge on any atom is 0.0991 e. The summed E-state index contributed by atoms with van der Waals surface area (Å²) in [5.74, 6) is 0. The molecule has 1 aromatic rings. The fourth-order valence-corrected chi connectivity index (χ4v) is 1.84. The van der Waals surface area contributed by atoms with Gasteiger partial charge in [0.05, 0.1) is 11.6 Å². The molecule has 0 N–H and O–H groups in total. The standard InChI is InChI=1S/C12H11N.C2H6O/c1-9-3-2-4-11-7-10(8-13)5-6-12(9)11;1-3-2/h5-7H,1-4H2;1-2H3. The number of fused-ring (bicyclic) bond motifs is 1. The van der Waals surface area contributed by atoms with Crippen LogP contribution in [0.25, 0.3) is 5.57 Å². The van der Waals surface area contributed by atoms with Crippen LogP contribution < -0.4 is 0 Å². The Balaban J connectivity index is 0.000000386. The number of methoxy groups -OCH3 is 1. The number of nitrogens with zero attached hydrogens (tertiary/aromatic N) is 1. The largest absolute Gasteiger partial charge is 0.388 e. The van der Waals surface area contributed by atoms with Gasteiger partial charge in [0.15, 0.2) is 0 Å². The smallest absolute Gasteiger partial charge is 0.0991 e. The molecule has 1 aliphatic rings. The van der Waals surface area contributed by atoms with Crippen LogP contribution in [0.4, 0.5) is 0 Å². The summed E-state index contributed by atoms with van der Waals surface area (Å²) in [6.07, 6.45) is 3.35. The maximum atomic E-state index is 8.73. The highest BCUT2D eigenvalue weighted by atomic mass is 16.4. The average Bonchev–Trinajstić information content (AvgIpc) is 2.30. The fourth-order valence-electron chi connectivity index (χ4n) is 1.84. The molecule has 0 unspecified atom stereocenters. The van der Waals surface area contributed by atoms with Crippen LogP contribution in [0, 0.1) is 11.3 Å². The lowest BCUT2D eigenvalue weighted by atomic mass is 9.87. The second-order valence-electron chi connectivity index (χ2n) is 3.85. The number of hydrogen-bond acceptors (Lipinski definition) is 2. The van der Waals surface area contributed by atoms with Gasteiger partial charge in [-0.25, -0.2) is 0 Å². The van der Waals surface area contributed by atoms with Gasteiger partial charge in [-0.2, -0.15) is 5.26 Å². The SMILES string of the molecule is C=C1CCCc2cc(C#N)ccc21.COC. The first-order valence-electron chi connectivity index (χ1n) is 5.34. The molecule has 16 heavy (non-hydrogen) atoms. The van der Waals surface area contributed by atoms with Crippen molar-refractivity contribution in [2.24, 2.45) is 0 Å². The number of benzene rings is 1. The van der Waals surface area contributed by atoms with Crippen molar-refractivity contribution in [3.8, 4) is 6.07 Å². The van der Waals surface area contributed by atoms with Crippen molar-refractivity contribution >= 4 is 5.57 Å². The third kappa shape index (κ3) is 2.95. The molecule has 0 amide bonds. The highest BCUT2D eigenvalue weighted by Gasteiger charge is 2.12. The third-order valence-electron chi connectivity index (χ3n) is 2.54. The minimum Gasteiger partial charge on any atom is -0.388 e. The molecule has 2 rings (SSSR count). The summed E-state index contributed by atoms with van der Waals surface area (Å²) in [5, 5.41) is 8.73. The maximum absolute atomic E-state index is 8.73. The molecule has 2 heteroatoms. The van der Waals surface area contributed by atoms with E-state index in [1.54, 1.807) is 14.2 Å². The van der Waals surface area contributed by atoms with Crippen LogP contribution in [0.1, 0.15) is 29.5 Å². The summed E-state index contributed by atoms with van der Waals surface area (Å²) >= 11 is 0. The van der Waals surface area contributed by atoms with Gasteiger partial charge in [-0.1, -0.05) is 12.6 Å². The first-order chi connectivity index (χ1) is 7.72. The van der Waals surface area contributed by atoms with E-state index in [0.717, 1.165) is 18.4 Å². The Hall–Kier alpha value is -1.59. The second kappa shape index (κ2) is 6.09. The van der Waals surface area contributed by atoms with Crippen LogP contribution in [0.2, 0.25) is 0 Å². The molecule has 1 aromatic carbocycles. The summed E-state index contributed by atoms with van der Waals surface area (Å²) in [4.78, 5) is 0. The molecule has 84 valence electrons.